The molecule has 0 aliphatic carbocycles. The summed E-state index contributed by atoms with van der Waals surface area (Å²) in [6.07, 6.45) is -3.05. The Morgan fingerprint density at radius 2 is 2.17 bits per heavy atom. The molecule has 0 unspecified atom stereocenters. The maximum Gasteiger partial charge on any atom is 0.433 e. The van der Waals surface area contributed by atoms with Crippen LogP contribution in [-0.2, 0) is 12.6 Å². The Labute approximate surface area is 71.7 Å². The molecule has 0 saturated carbocycles. The summed E-state index contributed by atoms with van der Waals surface area (Å²) >= 11 is 5.31. The molecular weight excluding hydrogens is 193 g/mol. The van der Waals surface area contributed by atoms with Crippen LogP contribution in [0.15, 0.2) is 6.20 Å². The number of halogens is 4. The second-order valence-corrected chi connectivity index (χ2v) is 2.58. The molecule has 1 N–H and O–H groups in total. The first-order chi connectivity index (χ1) is 5.55. The molecule has 6 heteroatoms. The maximum atomic E-state index is 12.1. The van der Waals surface area contributed by atoms with E-state index >= 15 is 0 Å². The molecule has 12 heavy (non-hydrogen) atoms. The largest absolute Gasteiger partial charge is 0.433 e. The molecule has 0 amide bonds. The van der Waals surface area contributed by atoms with Gasteiger partial charge in [-0.3, -0.25) is 5.10 Å². The fourth-order valence-electron chi connectivity index (χ4n) is 0.848. The highest BCUT2D eigenvalue weighted by Gasteiger charge is 2.34. The molecule has 0 aromatic carbocycles. The number of aryl methyl sites for hydroxylation is 1. The first kappa shape index (κ1) is 9.38. The third-order valence-electron chi connectivity index (χ3n) is 1.37. The lowest BCUT2D eigenvalue weighted by Gasteiger charge is -2.04. The summed E-state index contributed by atoms with van der Waals surface area (Å²) in [5.74, 6) is 0.155. The number of hydrogen-bond donors (Lipinski definition) is 1. The molecule has 0 bridgehead atoms. The zero-order chi connectivity index (χ0) is 9.19. The van der Waals surface area contributed by atoms with Crippen molar-refractivity contribution >= 4 is 11.6 Å². The van der Waals surface area contributed by atoms with Gasteiger partial charge in [-0.25, -0.2) is 0 Å². The molecule has 0 aliphatic rings. The highest BCUT2D eigenvalue weighted by molar-refractivity contribution is 6.17. The number of nitrogens with zero attached hydrogens (tertiary/aromatic N) is 1. The molecule has 0 fully saturated rings. The normalized spacial score (nSPS) is 12.0. The Morgan fingerprint density at radius 3 is 2.67 bits per heavy atom. The molecule has 1 heterocycles. The summed E-state index contributed by atoms with van der Waals surface area (Å²) in [5, 5.41) is 5.20. The van der Waals surface area contributed by atoms with E-state index in [4.69, 9.17) is 11.6 Å². The Kier molecular flexibility index (Phi) is 2.62. The highest BCUT2D eigenvalue weighted by atomic mass is 35.5. The summed E-state index contributed by atoms with van der Waals surface area (Å²) in [7, 11) is 0. The van der Waals surface area contributed by atoms with Crippen molar-refractivity contribution in [2.75, 3.05) is 5.88 Å². The number of rotatable bonds is 2. The van der Waals surface area contributed by atoms with Crippen molar-refractivity contribution in [1.29, 1.82) is 0 Å². The molecule has 68 valence electrons. The number of hydrogen-bond acceptors (Lipinski definition) is 1. The predicted molar refractivity (Wildman–Crippen MR) is 38.0 cm³/mol. The quantitative estimate of drug-likeness (QED) is 0.726. The molecule has 2 nitrogen and oxygen atoms in total. The molecule has 0 radical (unpaired) electrons. The van der Waals surface area contributed by atoms with Crippen molar-refractivity contribution in [2.45, 2.75) is 12.6 Å². The summed E-state index contributed by atoms with van der Waals surface area (Å²) in [5.41, 5.74) is -0.694. The number of nitrogens with one attached hydrogen (secondary N) is 1. The van der Waals surface area contributed by atoms with Crippen LogP contribution in [0.4, 0.5) is 13.2 Å². The van der Waals surface area contributed by atoms with Crippen LogP contribution in [0.1, 0.15) is 11.3 Å². The van der Waals surface area contributed by atoms with Crippen LogP contribution in [-0.4, -0.2) is 16.1 Å². The van der Waals surface area contributed by atoms with Crippen molar-refractivity contribution in [3.05, 3.63) is 17.5 Å². The van der Waals surface area contributed by atoms with Crippen molar-refractivity contribution in [3.8, 4) is 0 Å². The van der Waals surface area contributed by atoms with Crippen LogP contribution in [0.2, 0.25) is 0 Å². The molecule has 1 aromatic heterocycles. The standard InChI is InChI=1S/C6H6ClF3N2/c7-2-1-4-3-11-12-5(4)6(8,9)10/h3H,1-2H2,(H,11,12). The van der Waals surface area contributed by atoms with Gasteiger partial charge in [0.05, 0.1) is 6.20 Å². The van der Waals surface area contributed by atoms with Crippen molar-refractivity contribution in [2.24, 2.45) is 0 Å². The minimum Gasteiger partial charge on any atom is -0.273 e. The van der Waals surface area contributed by atoms with Gasteiger partial charge < -0.3 is 0 Å². The van der Waals surface area contributed by atoms with E-state index in [0.29, 0.717) is 0 Å². The first-order valence-corrected chi connectivity index (χ1v) is 3.74. The molecule has 0 atom stereocenters. The average molecular weight is 199 g/mol. The summed E-state index contributed by atoms with van der Waals surface area (Å²) in [4.78, 5) is 0. The first-order valence-electron chi connectivity index (χ1n) is 3.21. The van der Waals surface area contributed by atoms with E-state index in [1.54, 1.807) is 0 Å². The van der Waals surface area contributed by atoms with E-state index in [0.717, 1.165) is 6.20 Å². The minimum atomic E-state index is -4.36. The summed E-state index contributed by atoms with van der Waals surface area (Å²) < 4.78 is 36.3. The van der Waals surface area contributed by atoms with E-state index in [-0.39, 0.29) is 17.9 Å². The van der Waals surface area contributed by atoms with Gasteiger partial charge in [0.2, 0.25) is 0 Å². The van der Waals surface area contributed by atoms with Gasteiger partial charge in [0.25, 0.3) is 0 Å². The lowest BCUT2D eigenvalue weighted by molar-refractivity contribution is -0.141. The number of alkyl halides is 4. The van der Waals surface area contributed by atoms with Crippen molar-refractivity contribution < 1.29 is 13.2 Å². The SMILES string of the molecule is FC(F)(F)c1[nH]ncc1CCCl. The molecular formula is C6H6ClF3N2. The van der Waals surface area contributed by atoms with Gasteiger partial charge in [-0.2, -0.15) is 18.3 Å². The van der Waals surface area contributed by atoms with Gasteiger partial charge >= 0.3 is 6.18 Å². The fraction of sp³-hybridized carbons (Fsp3) is 0.500. The van der Waals surface area contributed by atoms with Crippen LogP contribution in [0.3, 0.4) is 0 Å². The van der Waals surface area contributed by atoms with Crippen LogP contribution in [0.25, 0.3) is 0 Å². The van der Waals surface area contributed by atoms with Gasteiger partial charge in [0, 0.05) is 11.4 Å². The molecule has 0 spiro atoms. The topological polar surface area (TPSA) is 28.7 Å². The van der Waals surface area contributed by atoms with E-state index in [9.17, 15) is 13.2 Å². The molecule has 0 saturated heterocycles. The third-order valence-corrected chi connectivity index (χ3v) is 1.55. The smallest absolute Gasteiger partial charge is 0.273 e. The van der Waals surface area contributed by atoms with Gasteiger partial charge in [-0.05, 0) is 6.42 Å². The number of H-pyrrole nitrogens is 1. The lowest BCUT2D eigenvalue weighted by Crippen LogP contribution is -2.09. The lowest BCUT2D eigenvalue weighted by atomic mass is 10.2. The maximum absolute atomic E-state index is 12.1. The van der Waals surface area contributed by atoms with E-state index in [1.165, 1.54) is 0 Å². The Balaban J connectivity index is 2.91. The zero-order valence-electron chi connectivity index (χ0n) is 5.95. The van der Waals surface area contributed by atoms with Crippen LogP contribution in [0.5, 0.6) is 0 Å². The minimum absolute atomic E-state index is 0.109. The Bertz CT molecular complexity index is 256. The van der Waals surface area contributed by atoms with Crippen molar-refractivity contribution in [3.63, 3.8) is 0 Å². The molecule has 1 rings (SSSR count). The number of aromatic amines is 1. The van der Waals surface area contributed by atoms with Gasteiger partial charge in [-0.1, -0.05) is 0 Å². The van der Waals surface area contributed by atoms with Gasteiger partial charge in [0.1, 0.15) is 5.69 Å². The predicted octanol–water partition coefficient (Wildman–Crippen LogP) is 2.21. The molecule has 0 aliphatic heterocycles. The van der Waals surface area contributed by atoms with Gasteiger partial charge in [0.15, 0.2) is 0 Å². The van der Waals surface area contributed by atoms with Crippen molar-refractivity contribution in [1.82, 2.24) is 10.2 Å². The van der Waals surface area contributed by atoms with Crippen LogP contribution < -0.4 is 0 Å². The second-order valence-electron chi connectivity index (χ2n) is 2.21. The van der Waals surface area contributed by atoms with E-state index < -0.39 is 11.9 Å². The zero-order valence-corrected chi connectivity index (χ0v) is 6.71. The summed E-state index contributed by atoms with van der Waals surface area (Å²) in [6.45, 7) is 0. The fourth-order valence-corrected chi connectivity index (χ4v) is 1.05. The average Bonchev–Trinajstić information content (AvgIpc) is 2.34. The summed E-state index contributed by atoms with van der Waals surface area (Å²) in [6, 6.07) is 0. The molecule has 1 aromatic rings. The number of aromatic nitrogens is 2. The second kappa shape index (κ2) is 3.35. The van der Waals surface area contributed by atoms with Gasteiger partial charge in [-0.15, -0.1) is 11.6 Å². The van der Waals surface area contributed by atoms with Crippen LogP contribution in [0, 0.1) is 0 Å². The Morgan fingerprint density at radius 1 is 1.50 bits per heavy atom. The Hall–Kier alpha value is -0.710. The van der Waals surface area contributed by atoms with E-state index in [1.807, 2.05) is 5.10 Å². The van der Waals surface area contributed by atoms with Crippen LogP contribution >= 0.6 is 11.6 Å². The van der Waals surface area contributed by atoms with E-state index in [2.05, 4.69) is 5.10 Å². The third kappa shape index (κ3) is 1.91. The monoisotopic (exact) mass is 198 g/mol. The highest BCUT2D eigenvalue weighted by Crippen LogP contribution is 2.30.